The Bertz CT molecular complexity index is 602. The van der Waals surface area contributed by atoms with Gasteiger partial charge in [0.15, 0.2) is 0 Å². The van der Waals surface area contributed by atoms with Gasteiger partial charge in [0.05, 0.1) is 11.9 Å². The maximum atomic E-state index is 11.1. The van der Waals surface area contributed by atoms with Crippen molar-refractivity contribution in [2.24, 2.45) is 0 Å². The van der Waals surface area contributed by atoms with Gasteiger partial charge in [-0.2, -0.15) is 0 Å². The van der Waals surface area contributed by atoms with E-state index in [2.05, 4.69) is 31.2 Å². The molecule has 0 atom stereocenters. The van der Waals surface area contributed by atoms with Crippen LogP contribution in [0.15, 0.2) is 35.2 Å². The Labute approximate surface area is 112 Å². The number of aryl methyl sites for hydroxylation is 1. The van der Waals surface area contributed by atoms with Crippen molar-refractivity contribution >= 4 is 33.4 Å². The first-order valence-corrected chi connectivity index (χ1v) is 5.93. The van der Waals surface area contributed by atoms with Crippen molar-refractivity contribution in [1.82, 2.24) is 9.97 Å². The average molecular weight is 308 g/mol. The highest BCUT2D eigenvalue weighted by molar-refractivity contribution is 9.10. The Hall–Kier alpha value is -1.95. The molecular weight excluding hydrogens is 298 g/mol. The number of nitrogens with one attached hydrogen (secondary N) is 1. The Morgan fingerprint density at radius 3 is 2.78 bits per heavy atom. The minimum absolute atomic E-state index is 0.103. The van der Waals surface area contributed by atoms with Crippen molar-refractivity contribution in [3.63, 3.8) is 0 Å². The van der Waals surface area contributed by atoms with Crippen molar-refractivity contribution in [3.8, 4) is 0 Å². The molecule has 2 rings (SSSR count). The first-order valence-electron chi connectivity index (χ1n) is 5.14. The van der Waals surface area contributed by atoms with Gasteiger partial charge in [-0.1, -0.05) is 0 Å². The van der Waals surface area contributed by atoms with Crippen molar-refractivity contribution in [3.05, 3.63) is 46.3 Å². The van der Waals surface area contributed by atoms with Crippen LogP contribution in [-0.2, 0) is 0 Å². The van der Waals surface area contributed by atoms with E-state index in [9.17, 15) is 4.79 Å². The standard InChI is InChI=1S/C12H10BrN3O2/c1-7-2-9(6-14-4-7)16-11-10(12(17)18)3-8(13)5-15-11/h2-6H,1H3,(H,15,16)(H,17,18). The highest BCUT2D eigenvalue weighted by Gasteiger charge is 2.12. The monoisotopic (exact) mass is 307 g/mol. The lowest BCUT2D eigenvalue weighted by atomic mass is 10.2. The molecule has 6 heteroatoms. The molecule has 0 amide bonds. The van der Waals surface area contributed by atoms with Crippen LogP contribution in [0.2, 0.25) is 0 Å². The summed E-state index contributed by atoms with van der Waals surface area (Å²) in [6.07, 6.45) is 4.87. The zero-order valence-electron chi connectivity index (χ0n) is 9.51. The number of halogens is 1. The van der Waals surface area contributed by atoms with Gasteiger partial charge in [-0.25, -0.2) is 9.78 Å². The number of carboxylic acid groups (broad SMARTS) is 1. The fraction of sp³-hybridized carbons (Fsp3) is 0.0833. The molecule has 0 fully saturated rings. The van der Waals surface area contributed by atoms with Gasteiger partial charge in [0.25, 0.3) is 0 Å². The van der Waals surface area contributed by atoms with Gasteiger partial charge >= 0.3 is 5.97 Å². The second-order valence-electron chi connectivity index (χ2n) is 3.73. The van der Waals surface area contributed by atoms with E-state index >= 15 is 0 Å². The lowest BCUT2D eigenvalue weighted by Gasteiger charge is -2.08. The fourth-order valence-corrected chi connectivity index (χ4v) is 1.79. The smallest absolute Gasteiger partial charge is 0.339 e. The number of rotatable bonds is 3. The third-order valence-corrected chi connectivity index (χ3v) is 2.66. The van der Waals surface area contributed by atoms with Gasteiger partial charge in [-0.05, 0) is 40.5 Å². The Kier molecular flexibility index (Phi) is 3.57. The van der Waals surface area contributed by atoms with E-state index in [0.29, 0.717) is 10.2 Å². The molecule has 0 aromatic carbocycles. The van der Waals surface area contributed by atoms with E-state index in [1.54, 1.807) is 12.4 Å². The molecule has 2 heterocycles. The van der Waals surface area contributed by atoms with Crippen LogP contribution in [-0.4, -0.2) is 21.0 Å². The van der Waals surface area contributed by atoms with Gasteiger partial charge < -0.3 is 10.4 Å². The first kappa shape index (κ1) is 12.5. The van der Waals surface area contributed by atoms with E-state index in [4.69, 9.17) is 5.11 Å². The normalized spacial score (nSPS) is 10.1. The maximum Gasteiger partial charge on any atom is 0.339 e. The van der Waals surface area contributed by atoms with Gasteiger partial charge in [0, 0.05) is 16.9 Å². The lowest BCUT2D eigenvalue weighted by Crippen LogP contribution is -2.05. The molecule has 0 saturated carbocycles. The van der Waals surface area contributed by atoms with Gasteiger partial charge in [-0.3, -0.25) is 4.98 Å². The quantitative estimate of drug-likeness (QED) is 0.911. The third-order valence-electron chi connectivity index (χ3n) is 2.22. The molecule has 0 spiro atoms. The van der Waals surface area contributed by atoms with Crippen LogP contribution in [0.4, 0.5) is 11.5 Å². The molecule has 5 nitrogen and oxygen atoms in total. The van der Waals surface area contributed by atoms with E-state index < -0.39 is 5.97 Å². The minimum Gasteiger partial charge on any atom is -0.478 e. The average Bonchev–Trinajstić information content (AvgIpc) is 2.31. The number of pyridine rings is 2. The molecule has 0 aliphatic rings. The largest absolute Gasteiger partial charge is 0.478 e. The van der Waals surface area contributed by atoms with Crippen molar-refractivity contribution in [2.75, 3.05) is 5.32 Å². The predicted octanol–water partition coefficient (Wildman–Crippen LogP) is 2.99. The molecule has 0 saturated heterocycles. The summed E-state index contributed by atoms with van der Waals surface area (Å²) in [5.74, 6) is -0.745. The number of hydrogen-bond acceptors (Lipinski definition) is 4. The van der Waals surface area contributed by atoms with Crippen molar-refractivity contribution < 1.29 is 9.90 Å². The molecule has 0 aliphatic heterocycles. The van der Waals surface area contributed by atoms with Crippen LogP contribution in [0.3, 0.4) is 0 Å². The SMILES string of the molecule is Cc1cncc(Nc2ncc(Br)cc2C(=O)O)c1. The van der Waals surface area contributed by atoms with E-state index in [1.165, 1.54) is 12.3 Å². The summed E-state index contributed by atoms with van der Waals surface area (Å²) in [5, 5.41) is 12.1. The molecule has 0 bridgehead atoms. The topological polar surface area (TPSA) is 75.1 Å². The zero-order valence-corrected chi connectivity index (χ0v) is 11.1. The van der Waals surface area contributed by atoms with Crippen LogP contribution in [0.25, 0.3) is 0 Å². The van der Waals surface area contributed by atoms with E-state index in [0.717, 1.165) is 5.56 Å². The molecular formula is C12H10BrN3O2. The highest BCUT2D eigenvalue weighted by atomic mass is 79.9. The molecule has 2 aromatic rings. The number of aromatic carboxylic acids is 1. The zero-order chi connectivity index (χ0) is 13.1. The number of carboxylic acids is 1. The number of hydrogen-bond donors (Lipinski definition) is 2. The summed E-state index contributed by atoms with van der Waals surface area (Å²) in [4.78, 5) is 19.2. The molecule has 0 radical (unpaired) electrons. The van der Waals surface area contributed by atoms with Gasteiger partial charge in [0.2, 0.25) is 0 Å². The molecule has 18 heavy (non-hydrogen) atoms. The number of anilines is 2. The highest BCUT2D eigenvalue weighted by Crippen LogP contribution is 2.21. The third kappa shape index (κ3) is 2.84. The molecule has 2 N–H and O–H groups in total. The summed E-state index contributed by atoms with van der Waals surface area (Å²) < 4.78 is 0.618. The molecule has 0 aliphatic carbocycles. The summed E-state index contributed by atoms with van der Waals surface area (Å²) in [7, 11) is 0. The first-order chi connectivity index (χ1) is 8.56. The second kappa shape index (κ2) is 5.14. The molecule has 0 unspecified atom stereocenters. The lowest BCUT2D eigenvalue weighted by molar-refractivity contribution is 0.0697. The second-order valence-corrected chi connectivity index (χ2v) is 4.65. The number of nitrogens with zero attached hydrogens (tertiary/aromatic N) is 2. The van der Waals surface area contributed by atoms with Crippen LogP contribution in [0.5, 0.6) is 0 Å². The van der Waals surface area contributed by atoms with Crippen molar-refractivity contribution in [2.45, 2.75) is 6.92 Å². The Morgan fingerprint density at radius 1 is 1.33 bits per heavy atom. The van der Waals surface area contributed by atoms with Gasteiger partial charge in [-0.15, -0.1) is 0 Å². The van der Waals surface area contributed by atoms with Gasteiger partial charge in [0.1, 0.15) is 11.4 Å². The molecule has 2 aromatic heterocycles. The van der Waals surface area contributed by atoms with Crippen LogP contribution >= 0.6 is 15.9 Å². The van der Waals surface area contributed by atoms with Crippen LogP contribution in [0, 0.1) is 6.92 Å². The molecule has 92 valence electrons. The van der Waals surface area contributed by atoms with Crippen molar-refractivity contribution in [1.29, 1.82) is 0 Å². The van der Waals surface area contributed by atoms with Crippen LogP contribution < -0.4 is 5.32 Å². The summed E-state index contributed by atoms with van der Waals surface area (Å²) in [6, 6.07) is 3.36. The maximum absolute atomic E-state index is 11.1. The van der Waals surface area contributed by atoms with E-state index in [1.807, 2.05) is 13.0 Å². The number of aromatic nitrogens is 2. The number of carbonyl (C=O) groups is 1. The Morgan fingerprint density at radius 2 is 2.11 bits per heavy atom. The van der Waals surface area contributed by atoms with E-state index in [-0.39, 0.29) is 11.4 Å². The van der Waals surface area contributed by atoms with Crippen LogP contribution in [0.1, 0.15) is 15.9 Å². The minimum atomic E-state index is -1.04. The fourth-order valence-electron chi connectivity index (χ4n) is 1.46. The summed E-state index contributed by atoms with van der Waals surface area (Å²) in [6.45, 7) is 1.91. The predicted molar refractivity (Wildman–Crippen MR) is 71.2 cm³/mol. The summed E-state index contributed by atoms with van der Waals surface area (Å²) in [5.41, 5.74) is 1.78. The summed E-state index contributed by atoms with van der Waals surface area (Å²) >= 11 is 3.20. The Balaban J connectivity index is 2.37.